The highest BCUT2D eigenvalue weighted by Gasteiger charge is 2.46. The van der Waals surface area contributed by atoms with E-state index in [-0.39, 0.29) is 18.6 Å². The Labute approximate surface area is 253 Å². The first kappa shape index (κ1) is 35.2. The van der Waals surface area contributed by atoms with E-state index < -0.39 is 29.4 Å². The first-order chi connectivity index (χ1) is 19.4. The quantitative estimate of drug-likeness (QED) is 0.227. The predicted octanol–water partition coefficient (Wildman–Crippen LogP) is 6.40. The van der Waals surface area contributed by atoms with Gasteiger partial charge in [-0.25, -0.2) is 9.59 Å². The molecule has 1 fully saturated rings. The van der Waals surface area contributed by atoms with Crippen molar-refractivity contribution in [3.8, 4) is 0 Å². The summed E-state index contributed by atoms with van der Waals surface area (Å²) in [5.41, 5.74) is 0.910. The average Bonchev–Trinajstić information content (AvgIpc) is 3.46. The molecule has 2 rings (SSSR count). The Hall–Kier alpha value is -2.97. The van der Waals surface area contributed by atoms with Crippen LogP contribution in [0.4, 0.5) is 9.59 Å². The van der Waals surface area contributed by atoms with Crippen LogP contribution in [-0.4, -0.2) is 54.5 Å². The lowest BCUT2D eigenvalue weighted by atomic mass is 9.99. The van der Waals surface area contributed by atoms with Gasteiger partial charge in [-0.2, -0.15) is 0 Å². The van der Waals surface area contributed by atoms with Crippen molar-refractivity contribution in [2.45, 2.75) is 119 Å². The number of amides is 3. The number of allylic oxidation sites excluding steroid dienone is 5. The molecule has 0 radical (unpaired) electrons. The zero-order valence-electron chi connectivity index (χ0n) is 27.7. The maximum atomic E-state index is 13.2. The number of hydrogen-bond donors (Lipinski definition) is 3. The van der Waals surface area contributed by atoms with Gasteiger partial charge < -0.3 is 30.2 Å². The molecule has 42 heavy (non-hydrogen) atoms. The molecular formula is C33H55N3O6. The summed E-state index contributed by atoms with van der Waals surface area (Å²) in [5.74, 6) is 3.06. The molecule has 3 N–H and O–H groups in total. The Balaban J connectivity index is 1.93. The van der Waals surface area contributed by atoms with E-state index >= 15 is 0 Å². The molecule has 0 aliphatic heterocycles. The molecule has 0 spiro atoms. The van der Waals surface area contributed by atoms with E-state index in [4.69, 9.17) is 14.2 Å². The fourth-order valence-corrected chi connectivity index (χ4v) is 5.22. The molecule has 5 atom stereocenters. The molecule has 0 aromatic rings. The van der Waals surface area contributed by atoms with Gasteiger partial charge in [-0.05, 0) is 116 Å². The minimum absolute atomic E-state index is 0.289. The summed E-state index contributed by atoms with van der Waals surface area (Å²) in [6.45, 7) is 22.0. The van der Waals surface area contributed by atoms with Gasteiger partial charge in [0.2, 0.25) is 5.91 Å². The number of hydrogen-bond acceptors (Lipinski definition) is 6. The van der Waals surface area contributed by atoms with E-state index in [1.165, 1.54) is 0 Å². The topological polar surface area (TPSA) is 115 Å². The molecule has 0 saturated heterocycles. The van der Waals surface area contributed by atoms with Gasteiger partial charge in [0.25, 0.3) is 0 Å². The number of rotatable bonds is 12. The van der Waals surface area contributed by atoms with Gasteiger partial charge in [0.15, 0.2) is 0 Å². The molecule has 238 valence electrons. The van der Waals surface area contributed by atoms with E-state index in [1.807, 2.05) is 13.8 Å². The summed E-state index contributed by atoms with van der Waals surface area (Å²) < 4.78 is 16.9. The minimum atomic E-state index is -0.796. The summed E-state index contributed by atoms with van der Waals surface area (Å²) in [4.78, 5) is 37.6. The number of ether oxygens (including phenoxy) is 3. The van der Waals surface area contributed by atoms with E-state index in [2.05, 4.69) is 54.9 Å². The maximum absolute atomic E-state index is 13.2. The second-order valence-corrected chi connectivity index (χ2v) is 13.9. The molecule has 0 aromatic heterocycles. The SMILES string of the molecule is CC1=CC(C2C(C)C2C)C=CC(C)=C1OCC(C)NC(=O)C(CCCCNC(=O)OC(C)(C)C)NC(=O)OC(C)(C)C. The smallest absolute Gasteiger partial charge is 0.408 e. The van der Waals surface area contributed by atoms with Crippen molar-refractivity contribution >= 4 is 18.1 Å². The first-order valence-electron chi connectivity index (χ1n) is 15.4. The third-order valence-electron chi connectivity index (χ3n) is 7.54. The Morgan fingerprint density at radius 2 is 1.50 bits per heavy atom. The number of alkyl carbamates (subject to hydrolysis) is 2. The van der Waals surface area contributed by atoms with E-state index in [0.29, 0.717) is 37.6 Å². The largest absolute Gasteiger partial charge is 0.491 e. The molecule has 0 heterocycles. The molecule has 9 nitrogen and oxygen atoms in total. The number of carbonyl (C=O) groups is 3. The number of nitrogens with one attached hydrogen (secondary N) is 3. The van der Waals surface area contributed by atoms with Crippen molar-refractivity contribution < 1.29 is 28.6 Å². The third kappa shape index (κ3) is 12.1. The highest BCUT2D eigenvalue weighted by atomic mass is 16.6. The van der Waals surface area contributed by atoms with Gasteiger partial charge in [0.05, 0.1) is 6.04 Å². The summed E-state index contributed by atoms with van der Waals surface area (Å²) in [7, 11) is 0. The van der Waals surface area contributed by atoms with Crippen LogP contribution >= 0.6 is 0 Å². The molecule has 5 unspecified atom stereocenters. The van der Waals surface area contributed by atoms with E-state index in [0.717, 1.165) is 28.7 Å². The van der Waals surface area contributed by atoms with Crippen LogP contribution in [0.25, 0.3) is 0 Å². The monoisotopic (exact) mass is 589 g/mol. The fourth-order valence-electron chi connectivity index (χ4n) is 5.22. The Bertz CT molecular complexity index is 1040. The molecule has 9 heteroatoms. The van der Waals surface area contributed by atoms with Crippen molar-refractivity contribution in [2.75, 3.05) is 13.2 Å². The summed E-state index contributed by atoms with van der Waals surface area (Å²) in [5, 5.41) is 8.41. The van der Waals surface area contributed by atoms with Gasteiger partial charge in [0.1, 0.15) is 29.6 Å². The minimum Gasteiger partial charge on any atom is -0.491 e. The first-order valence-corrected chi connectivity index (χ1v) is 15.4. The fraction of sp³-hybridized carbons (Fsp3) is 0.727. The third-order valence-corrected chi connectivity index (χ3v) is 7.54. The summed E-state index contributed by atoms with van der Waals surface area (Å²) in [6, 6.07) is -1.09. The highest BCUT2D eigenvalue weighted by molar-refractivity contribution is 5.85. The van der Waals surface area contributed by atoms with Gasteiger partial charge in [0, 0.05) is 6.54 Å². The standard InChI is InChI=1S/C33H55N3O6/c1-20-15-16-25(27-23(4)24(27)5)18-21(2)28(20)40-19-22(3)35-29(37)26(36-31(39)42-33(9,10)11)14-12-13-17-34-30(38)41-32(6,7)8/h15-16,18,22-27H,12-14,17,19H2,1-11H3,(H,34,38)(H,35,37)(H,36,39). The Kier molecular flexibility index (Phi) is 12.6. The molecule has 3 amide bonds. The summed E-state index contributed by atoms with van der Waals surface area (Å²) in [6.07, 6.45) is 7.18. The van der Waals surface area contributed by atoms with Crippen LogP contribution in [0.2, 0.25) is 0 Å². The van der Waals surface area contributed by atoms with Crippen LogP contribution in [0.3, 0.4) is 0 Å². The van der Waals surface area contributed by atoms with Crippen LogP contribution < -0.4 is 16.0 Å². The Morgan fingerprint density at radius 3 is 2.07 bits per heavy atom. The molecule has 1 saturated carbocycles. The van der Waals surface area contributed by atoms with Crippen LogP contribution in [0, 0.1) is 23.7 Å². The molecule has 2 aliphatic carbocycles. The lowest BCUT2D eigenvalue weighted by molar-refractivity contribution is -0.124. The van der Waals surface area contributed by atoms with Gasteiger partial charge >= 0.3 is 12.2 Å². The molecule has 0 bridgehead atoms. The summed E-state index contributed by atoms with van der Waals surface area (Å²) >= 11 is 0. The predicted molar refractivity (Wildman–Crippen MR) is 166 cm³/mol. The maximum Gasteiger partial charge on any atom is 0.408 e. The van der Waals surface area contributed by atoms with Crippen LogP contribution in [0.1, 0.15) is 95.4 Å². The van der Waals surface area contributed by atoms with Crippen LogP contribution in [0.15, 0.2) is 35.1 Å². The van der Waals surface area contributed by atoms with E-state index in [9.17, 15) is 14.4 Å². The second kappa shape index (κ2) is 15.0. The van der Waals surface area contributed by atoms with Crippen LogP contribution in [-0.2, 0) is 19.0 Å². The van der Waals surface area contributed by atoms with Crippen molar-refractivity contribution in [1.29, 1.82) is 0 Å². The van der Waals surface area contributed by atoms with Gasteiger partial charge in [-0.15, -0.1) is 0 Å². The van der Waals surface area contributed by atoms with Crippen LogP contribution in [0.5, 0.6) is 0 Å². The second-order valence-electron chi connectivity index (χ2n) is 13.9. The van der Waals surface area contributed by atoms with Gasteiger partial charge in [-0.3, -0.25) is 4.79 Å². The van der Waals surface area contributed by atoms with Crippen molar-refractivity contribution in [3.05, 3.63) is 35.1 Å². The Morgan fingerprint density at radius 1 is 0.905 bits per heavy atom. The van der Waals surface area contributed by atoms with E-state index in [1.54, 1.807) is 41.5 Å². The van der Waals surface area contributed by atoms with Crippen molar-refractivity contribution in [1.82, 2.24) is 16.0 Å². The number of unbranched alkanes of at least 4 members (excludes halogenated alkanes) is 1. The average molecular weight is 590 g/mol. The molecule has 2 aliphatic rings. The molecular weight excluding hydrogens is 534 g/mol. The lowest BCUT2D eigenvalue weighted by Crippen LogP contribution is -2.51. The zero-order chi connectivity index (χ0) is 31.8. The van der Waals surface area contributed by atoms with Crippen molar-refractivity contribution in [2.24, 2.45) is 23.7 Å². The normalized spacial score (nSPS) is 23.6. The van der Waals surface area contributed by atoms with Crippen molar-refractivity contribution in [3.63, 3.8) is 0 Å². The number of carbonyl (C=O) groups excluding carboxylic acids is 3. The highest BCUT2D eigenvalue weighted by Crippen LogP contribution is 2.52. The molecule has 0 aromatic carbocycles. The van der Waals surface area contributed by atoms with Gasteiger partial charge in [-0.1, -0.05) is 32.1 Å². The lowest BCUT2D eigenvalue weighted by Gasteiger charge is -2.25. The zero-order valence-corrected chi connectivity index (χ0v) is 27.7.